The highest BCUT2D eigenvalue weighted by Crippen LogP contribution is 2.22. The number of carbonyl (C=O) groups is 1. The fourth-order valence-corrected chi connectivity index (χ4v) is 4.69. The van der Waals surface area contributed by atoms with Gasteiger partial charge in [0.2, 0.25) is 21.1 Å². The molecule has 3 rings (SSSR count). The van der Waals surface area contributed by atoms with Gasteiger partial charge in [0, 0.05) is 0 Å². The summed E-state index contributed by atoms with van der Waals surface area (Å²) in [7, 11) is -3.96. The molecule has 0 saturated carbocycles. The minimum absolute atomic E-state index is 0.00637. The molecule has 12 heteroatoms. The van der Waals surface area contributed by atoms with Crippen LogP contribution in [0.1, 0.15) is 13.8 Å². The number of hydrogen-bond acceptors (Lipinski definition) is 9. The molecule has 2 aromatic heterocycles. The summed E-state index contributed by atoms with van der Waals surface area (Å²) in [4.78, 5) is 12.4. The van der Waals surface area contributed by atoms with E-state index in [-0.39, 0.29) is 16.3 Å². The van der Waals surface area contributed by atoms with E-state index in [0.29, 0.717) is 10.6 Å². The van der Waals surface area contributed by atoms with Crippen molar-refractivity contribution in [3.05, 3.63) is 23.7 Å². The number of hydrogen-bond donors (Lipinski definition) is 2. The molecular weight excluding hydrogens is 384 g/mol. The van der Waals surface area contributed by atoms with E-state index in [0.717, 1.165) is 23.1 Å². The zero-order valence-corrected chi connectivity index (χ0v) is 15.7. The molecule has 0 saturated heterocycles. The lowest BCUT2D eigenvalue weighted by atomic mass is 10.1. The molecule has 2 heterocycles. The Morgan fingerprint density at radius 3 is 2.72 bits per heavy atom. The minimum atomic E-state index is -3.96. The summed E-state index contributed by atoms with van der Waals surface area (Å²) < 4.78 is 36.1. The van der Waals surface area contributed by atoms with Crippen molar-refractivity contribution in [2.75, 3.05) is 5.32 Å². The lowest BCUT2D eigenvalue weighted by Gasteiger charge is -2.21. The van der Waals surface area contributed by atoms with E-state index in [1.165, 1.54) is 11.6 Å². The SMILES string of the molecule is CC(C)C(NS(=O)(=O)c1cccc2nsnc12)C(=O)Nc1nncs1. The molecule has 0 aliphatic heterocycles. The smallest absolute Gasteiger partial charge is 0.244 e. The van der Waals surface area contributed by atoms with Crippen LogP contribution in [0.3, 0.4) is 0 Å². The molecule has 0 aliphatic rings. The van der Waals surface area contributed by atoms with Crippen molar-refractivity contribution in [3.63, 3.8) is 0 Å². The van der Waals surface area contributed by atoms with Crippen molar-refractivity contribution in [2.45, 2.75) is 24.8 Å². The van der Waals surface area contributed by atoms with Crippen molar-refractivity contribution in [1.82, 2.24) is 23.7 Å². The Morgan fingerprint density at radius 1 is 1.24 bits per heavy atom. The Kier molecular flexibility index (Phi) is 5.03. The zero-order valence-electron chi connectivity index (χ0n) is 13.2. The molecule has 3 aromatic rings. The van der Waals surface area contributed by atoms with Crippen LogP contribution in [0.25, 0.3) is 11.0 Å². The van der Waals surface area contributed by atoms with Gasteiger partial charge in [0.15, 0.2) is 0 Å². The number of nitrogens with one attached hydrogen (secondary N) is 2. The number of aromatic nitrogens is 4. The maximum atomic E-state index is 12.8. The van der Waals surface area contributed by atoms with Crippen LogP contribution in [0.15, 0.2) is 28.6 Å². The Balaban J connectivity index is 1.88. The van der Waals surface area contributed by atoms with Crippen molar-refractivity contribution in [3.8, 4) is 0 Å². The third-order valence-electron chi connectivity index (χ3n) is 3.36. The average Bonchev–Trinajstić information content (AvgIpc) is 3.22. The predicted molar refractivity (Wildman–Crippen MR) is 94.9 cm³/mol. The highest BCUT2D eigenvalue weighted by Gasteiger charge is 2.30. The van der Waals surface area contributed by atoms with Gasteiger partial charge < -0.3 is 0 Å². The van der Waals surface area contributed by atoms with Gasteiger partial charge in [-0.2, -0.15) is 13.5 Å². The lowest BCUT2D eigenvalue weighted by Crippen LogP contribution is -2.47. The standard InChI is InChI=1S/C13H14N6O3S3/c1-7(2)10(12(20)15-13-16-14-6-23-13)19-25(21,22)9-5-3-4-8-11(9)18-24-17-8/h3-7,10,19H,1-2H3,(H,15,16,20). The van der Waals surface area contributed by atoms with Crippen LogP contribution in [0.5, 0.6) is 0 Å². The largest absolute Gasteiger partial charge is 0.299 e. The van der Waals surface area contributed by atoms with Gasteiger partial charge in [-0.25, -0.2) is 8.42 Å². The number of carbonyl (C=O) groups excluding carboxylic acids is 1. The molecule has 9 nitrogen and oxygen atoms in total. The fourth-order valence-electron chi connectivity index (χ4n) is 2.13. The molecule has 0 bridgehead atoms. The summed E-state index contributed by atoms with van der Waals surface area (Å²) in [5.74, 6) is -0.783. The van der Waals surface area contributed by atoms with Gasteiger partial charge in [-0.3, -0.25) is 10.1 Å². The molecule has 1 amide bonds. The lowest BCUT2D eigenvalue weighted by molar-refractivity contribution is -0.118. The van der Waals surface area contributed by atoms with Crippen LogP contribution in [0.2, 0.25) is 0 Å². The van der Waals surface area contributed by atoms with Gasteiger partial charge in [-0.1, -0.05) is 31.3 Å². The Labute approximate surface area is 151 Å². The number of anilines is 1. The molecule has 132 valence electrons. The summed E-state index contributed by atoms with van der Waals surface area (Å²) in [6, 6.07) is 3.73. The van der Waals surface area contributed by atoms with E-state index in [2.05, 4.69) is 29.0 Å². The van der Waals surface area contributed by atoms with Crippen molar-refractivity contribution in [1.29, 1.82) is 0 Å². The van der Waals surface area contributed by atoms with Gasteiger partial charge in [0.25, 0.3) is 0 Å². The van der Waals surface area contributed by atoms with Crippen LogP contribution in [-0.2, 0) is 14.8 Å². The normalized spacial score (nSPS) is 13.2. The van der Waals surface area contributed by atoms with Gasteiger partial charge >= 0.3 is 0 Å². The van der Waals surface area contributed by atoms with Crippen LogP contribution in [0, 0.1) is 5.92 Å². The Hall–Kier alpha value is -2.02. The average molecular weight is 398 g/mol. The number of sulfonamides is 1. The molecule has 0 aliphatic carbocycles. The van der Waals surface area contributed by atoms with E-state index < -0.39 is 22.0 Å². The van der Waals surface area contributed by atoms with Crippen LogP contribution in [0.4, 0.5) is 5.13 Å². The van der Waals surface area contributed by atoms with Crippen LogP contribution in [-0.4, -0.2) is 39.3 Å². The zero-order chi connectivity index (χ0) is 18.0. The Morgan fingerprint density at radius 2 is 2.04 bits per heavy atom. The summed E-state index contributed by atoms with van der Waals surface area (Å²) >= 11 is 2.08. The first kappa shape index (κ1) is 17.8. The quantitative estimate of drug-likeness (QED) is 0.644. The number of amides is 1. The van der Waals surface area contributed by atoms with E-state index in [9.17, 15) is 13.2 Å². The highest BCUT2D eigenvalue weighted by atomic mass is 32.2. The van der Waals surface area contributed by atoms with Crippen molar-refractivity contribution < 1.29 is 13.2 Å². The summed E-state index contributed by atoms with van der Waals surface area (Å²) in [6.07, 6.45) is 0. The first-order valence-electron chi connectivity index (χ1n) is 7.19. The van der Waals surface area contributed by atoms with Gasteiger partial charge in [0.1, 0.15) is 27.5 Å². The molecule has 1 aromatic carbocycles. The molecular formula is C13H14N6O3S3. The second-order valence-corrected chi connectivity index (χ2v) is 8.51. The molecule has 0 radical (unpaired) electrons. The second kappa shape index (κ2) is 7.07. The molecule has 2 N–H and O–H groups in total. The van der Waals surface area contributed by atoms with Gasteiger partial charge in [-0.05, 0) is 18.1 Å². The fraction of sp³-hybridized carbons (Fsp3) is 0.308. The summed E-state index contributed by atoms with van der Waals surface area (Å²) in [5.41, 5.74) is 2.25. The third kappa shape index (κ3) is 3.81. The Bertz CT molecular complexity index is 984. The minimum Gasteiger partial charge on any atom is -0.299 e. The number of fused-ring (bicyclic) bond motifs is 1. The van der Waals surface area contributed by atoms with Crippen LogP contribution < -0.4 is 10.0 Å². The number of nitrogens with zero attached hydrogens (tertiary/aromatic N) is 4. The van der Waals surface area contributed by atoms with Crippen LogP contribution >= 0.6 is 23.1 Å². The predicted octanol–water partition coefficient (Wildman–Crippen LogP) is 1.48. The molecule has 25 heavy (non-hydrogen) atoms. The highest BCUT2D eigenvalue weighted by molar-refractivity contribution is 7.89. The monoisotopic (exact) mass is 398 g/mol. The van der Waals surface area contributed by atoms with Gasteiger partial charge in [0.05, 0.1) is 11.7 Å². The summed E-state index contributed by atoms with van der Waals surface area (Å²) in [5, 5.41) is 10.2. The van der Waals surface area contributed by atoms with Crippen molar-refractivity contribution in [2.24, 2.45) is 5.92 Å². The van der Waals surface area contributed by atoms with Gasteiger partial charge in [-0.15, -0.1) is 10.2 Å². The molecule has 1 unspecified atom stereocenters. The molecule has 1 atom stereocenters. The second-order valence-electron chi connectivity index (χ2n) is 5.46. The summed E-state index contributed by atoms with van der Waals surface area (Å²) in [6.45, 7) is 3.50. The van der Waals surface area contributed by atoms with E-state index in [1.807, 2.05) is 0 Å². The van der Waals surface area contributed by atoms with E-state index in [4.69, 9.17) is 0 Å². The van der Waals surface area contributed by atoms with E-state index >= 15 is 0 Å². The van der Waals surface area contributed by atoms with E-state index in [1.54, 1.807) is 26.0 Å². The first-order chi connectivity index (χ1) is 11.9. The number of benzene rings is 1. The maximum absolute atomic E-state index is 12.8. The number of rotatable bonds is 6. The van der Waals surface area contributed by atoms with Crippen molar-refractivity contribution >= 4 is 55.2 Å². The third-order valence-corrected chi connectivity index (χ3v) is 5.98. The topological polar surface area (TPSA) is 127 Å². The molecule has 0 fully saturated rings. The first-order valence-corrected chi connectivity index (χ1v) is 10.3. The molecule has 0 spiro atoms. The maximum Gasteiger partial charge on any atom is 0.244 e.